The average molecular weight is 549 g/mol. The Bertz CT molecular complexity index is 1270. The molecule has 0 amide bonds. The number of para-hydroxylation sites is 1. The van der Waals surface area contributed by atoms with Crippen LogP contribution in [0.5, 0.6) is 11.6 Å². The Morgan fingerprint density at radius 2 is 1.95 bits per heavy atom. The second kappa shape index (κ2) is 11.2. The number of nitrogens with one attached hydrogen (secondary N) is 1. The number of halogens is 3. The molecule has 2 aromatic heterocycles. The molecule has 0 bridgehead atoms. The summed E-state index contributed by atoms with van der Waals surface area (Å²) in [6.45, 7) is 8.67. The van der Waals surface area contributed by atoms with Crippen molar-refractivity contribution in [2.24, 2.45) is 5.92 Å². The minimum atomic E-state index is -4.66. The van der Waals surface area contributed by atoms with Crippen LogP contribution in [0.2, 0.25) is 0 Å². The van der Waals surface area contributed by atoms with E-state index in [4.69, 9.17) is 9.47 Å². The maximum absolute atomic E-state index is 14.0. The van der Waals surface area contributed by atoms with Gasteiger partial charge in [-0.3, -0.25) is 4.79 Å². The molecule has 1 aliphatic rings. The number of anilines is 3. The number of aromatic nitrogens is 2. The zero-order valence-electron chi connectivity index (χ0n) is 21.8. The van der Waals surface area contributed by atoms with E-state index in [-0.39, 0.29) is 40.5 Å². The Kier molecular flexibility index (Phi) is 8.15. The minimum Gasteiger partial charge on any atom is -0.466 e. The van der Waals surface area contributed by atoms with Crippen LogP contribution in [-0.2, 0) is 21.1 Å². The first-order valence-electron chi connectivity index (χ1n) is 12.5. The van der Waals surface area contributed by atoms with Crippen molar-refractivity contribution in [2.75, 3.05) is 29.9 Å². The number of rotatable bonds is 7. The number of hydrogen-bond acceptors (Lipinski definition) is 8. The van der Waals surface area contributed by atoms with Crippen molar-refractivity contribution in [3.05, 3.63) is 53.9 Å². The highest BCUT2D eigenvalue weighted by Gasteiger charge is 2.41. The molecule has 7 nitrogen and oxygen atoms in total. The molecule has 0 spiro atoms. The van der Waals surface area contributed by atoms with Crippen molar-refractivity contribution in [3.63, 3.8) is 0 Å². The lowest BCUT2D eigenvalue weighted by atomic mass is 9.86. The molecule has 1 aliphatic heterocycles. The van der Waals surface area contributed by atoms with E-state index in [0.717, 1.165) is 16.9 Å². The Hall–Kier alpha value is -3.34. The van der Waals surface area contributed by atoms with Gasteiger partial charge in [0.05, 0.1) is 12.5 Å². The number of piperidine rings is 1. The third kappa shape index (κ3) is 6.38. The maximum atomic E-state index is 14.0. The molecule has 1 fully saturated rings. The molecule has 11 heteroatoms. The number of esters is 1. The lowest BCUT2D eigenvalue weighted by molar-refractivity contribution is -0.148. The maximum Gasteiger partial charge on any atom is 0.436 e. The van der Waals surface area contributed by atoms with Gasteiger partial charge in [-0.25, -0.2) is 9.97 Å². The number of carbonyl (C=O) groups is 1. The predicted molar refractivity (Wildman–Crippen MR) is 141 cm³/mol. The van der Waals surface area contributed by atoms with Crippen molar-refractivity contribution in [1.29, 1.82) is 0 Å². The van der Waals surface area contributed by atoms with Gasteiger partial charge in [0.25, 0.3) is 0 Å². The largest absolute Gasteiger partial charge is 0.466 e. The fraction of sp³-hybridized carbons (Fsp3) is 0.444. The fourth-order valence-electron chi connectivity index (χ4n) is 4.34. The summed E-state index contributed by atoms with van der Waals surface area (Å²) in [4.78, 5) is 22.1. The summed E-state index contributed by atoms with van der Waals surface area (Å²) in [5.41, 5.74) is 0.168. The predicted octanol–water partition coefficient (Wildman–Crippen LogP) is 7.17. The molecule has 1 unspecified atom stereocenters. The second-order valence-corrected chi connectivity index (χ2v) is 11.0. The van der Waals surface area contributed by atoms with Crippen molar-refractivity contribution in [1.82, 2.24) is 9.97 Å². The molecule has 0 saturated carbocycles. The number of benzene rings is 1. The molecular formula is C27H31F3N4O3S. The van der Waals surface area contributed by atoms with Crippen molar-refractivity contribution in [2.45, 2.75) is 52.1 Å². The molecule has 4 rings (SSSR count). The standard InChI is InChI=1S/C27H31F3N4O3S/c1-5-36-24(35)17-10-9-15-34(16-17)23-21(27(28,29)30)33-25(38-23)32-19-12-8-14-31-22(19)37-20-13-7-6-11-18(20)26(2,3)4/h6-8,11-14,17H,5,9-10,15-16H2,1-4H3,(H,32,33). The van der Waals surface area contributed by atoms with Gasteiger partial charge in [-0.2, -0.15) is 13.2 Å². The number of hydrogen-bond donors (Lipinski definition) is 1. The van der Waals surface area contributed by atoms with Gasteiger partial charge in [-0.05, 0) is 43.4 Å². The number of thiazole rings is 1. The van der Waals surface area contributed by atoms with Gasteiger partial charge in [0.1, 0.15) is 16.4 Å². The van der Waals surface area contributed by atoms with E-state index in [1.807, 2.05) is 24.3 Å². The molecule has 3 aromatic rings. The summed E-state index contributed by atoms with van der Waals surface area (Å²) in [6, 6.07) is 10.9. The molecule has 38 heavy (non-hydrogen) atoms. The number of alkyl halides is 3. The van der Waals surface area contributed by atoms with Crippen molar-refractivity contribution < 1.29 is 27.4 Å². The first-order chi connectivity index (χ1) is 18.0. The first kappa shape index (κ1) is 27.7. The van der Waals surface area contributed by atoms with Crippen LogP contribution in [0.3, 0.4) is 0 Å². The second-order valence-electron chi connectivity index (χ2n) is 10.0. The van der Waals surface area contributed by atoms with Crippen LogP contribution in [0.15, 0.2) is 42.6 Å². The van der Waals surface area contributed by atoms with Gasteiger partial charge in [0.15, 0.2) is 10.8 Å². The monoisotopic (exact) mass is 548 g/mol. The lowest BCUT2D eigenvalue weighted by Gasteiger charge is -2.32. The number of nitrogens with zero attached hydrogens (tertiary/aromatic N) is 3. The van der Waals surface area contributed by atoms with Gasteiger partial charge >= 0.3 is 12.1 Å². The van der Waals surface area contributed by atoms with E-state index in [0.29, 0.717) is 30.8 Å². The van der Waals surface area contributed by atoms with Gasteiger partial charge in [0, 0.05) is 24.8 Å². The lowest BCUT2D eigenvalue weighted by Crippen LogP contribution is -2.39. The molecule has 0 aliphatic carbocycles. The quantitative estimate of drug-likeness (QED) is 0.314. The average Bonchev–Trinajstić information content (AvgIpc) is 3.30. The van der Waals surface area contributed by atoms with Crippen LogP contribution >= 0.6 is 11.3 Å². The third-order valence-electron chi connectivity index (χ3n) is 6.12. The molecule has 1 atom stereocenters. The van der Waals surface area contributed by atoms with Crippen molar-refractivity contribution >= 4 is 33.1 Å². The smallest absolute Gasteiger partial charge is 0.436 e. The zero-order chi connectivity index (χ0) is 27.5. The summed E-state index contributed by atoms with van der Waals surface area (Å²) < 4.78 is 53.3. The Labute approximate surface area is 224 Å². The summed E-state index contributed by atoms with van der Waals surface area (Å²) in [6.07, 6.45) is -1.96. The Morgan fingerprint density at radius 3 is 2.66 bits per heavy atom. The fourth-order valence-corrected chi connectivity index (χ4v) is 5.37. The van der Waals surface area contributed by atoms with E-state index in [9.17, 15) is 18.0 Å². The normalized spacial score (nSPS) is 16.3. The molecule has 0 radical (unpaired) electrons. The highest BCUT2D eigenvalue weighted by atomic mass is 32.1. The van der Waals surface area contributed by atoms with Crippen LogP contribution in [-0.4, -0.2) is 35.6 Å². The third-order valence-corrected chi connectivity index (χ3v) is 7.15. The van der Waals surface area contributed by atoms with Gasteiger partial charge in [-0.15, -0.1) is 0 Å². The van der Waals surface area contributed by atoms with E-state index in [1.165, 1.54) is 0 Å². The van der Waals surface area contributed by atoms with Crippen LogP contribution in [0.4, 0.5) is 29.0 Å². The zero-order valence-corrected chi connectivity index (χ0v) is 22.6. The number of pyridine rings is 1. The highest BCUT2D eigenvalue weighted by molar-refractivity contribution is 7.19. The first-order valence-corrected chi connectivity index (χ1v) is 13.3. The molecule has 1 saturated heterocycles. The van der Waals surface area contributed by atoms with E-state index < -0.39 is 17.8 Å². The molecule has 3 heterocycles. The SMILES string of the molecule is CCOC(=O)C1CCCN(c2sc(Nc3cccnc3Oc3ccccc3C(C)(C)C)nc2C(F)(F)F)C1. The molecule has 204 valence electrons. The van der Waals surface area contributed by atoms with Crippen molar-refractivity contribution in [3.8, 4) is 11.6 Å². The number of carbonyl (C=O) groups excluding carboxylic acids is 1. The van der Waals surface area contributed by atoms with Crippen LogP contribution in [0.25, 0.3) is 0 Å². The molecular weight excluding hydrogens is 517 g/mol. The van der Waals surface area contributed by atoms with Crippen LogP contribution in [0, 0.1) is 5.92 Å². The Balaban J connectivity index is 1.63. The van der Waals surface area contributed by atoms with Crippen LogP contribution in [0.1, 0.15) is 51.8 Å². The topological polar surface area (TPSA) is 76.6 Å². The van der Waals surface area contributed by atoms with Gasteiger partial charge in [0.2, 0.25) is 5.88 Å². The summed E-state index contributed by atoms with van der Waals surface area (Å²) in [7, 11) is 0. The molecule has 1 aromatic carbocycles. The summed E-state index contributed by atoms with van der Waals surface area (Å²) >= 11 is 0.886. The number of ether oxygens (including phenoxy) is 2. The molecule has 1 N–H and O–H groups in total. The minimum absolute atomic E-state index is 0.0292. The highest BCUT2D eigenvalue weighted by Crippen LogP contribution is 2.44. The van der Waals surface area contributed by atoms with E-state index >= 15 is 0 Å². The van der Waals surface area contributed by atoms with E-state index in [2.05, 4.69) is 36.1 Å². The van der Waals surface area contributed by atoms with Gasteiger partial charge in [-0.1, -0.05) is 50.3 Å². The van der Waals surface area contributed by atoms with Crippen LogP contribution < -0.4 is 15.0 Å². The van der Waals surface area contributed by atoms with Gasteiger partial charge < -0.3 is 19.7 Å². The summed E-state index contributed by atoms with van der Waals surface area (Å²) in [5, 5.41) is 3.00. The summed E-state index contributed by atoms with van der Waals surface area (Å²) in [5.74, 6) is -0.0449. The Morgan fingerprint density at radius 1 is 1.18 bits per heavy atom. The van der Waals surface area contributed by atoms with E-state index in [1.54, 1.807) is 30.2 Å².